The molecule has 2 unspecified atom stereocenters. The molecule has 0 radical (unpaired) electrons. The molecule has 0 fully saturated rings. The number of carbonyl (C=O) groups is 1. The maximum Gasteiger partial charge on any atom is 0.218 e. The second-order valence-corrected chi connectivity index (χ2v) is 6.82. The van der Waals surface area contributed by atoms with Crippen molar-refractivity contribution in [3.8, 4) is 0 Å². The minimum absolute atomic E-state index is 0.0166. The number of nitrogens with two attached hydrogens (primary N) is 1. The van der Waals surface area contributed by atoms with E-state index in [9.17, 15) is 13.2 Å². The number of sulfone groups is 1. The Bertz CT molecular complexity index is 538. The number of amides is 1. The largest absolute Gasteiger partial charge is 0.370 e. The Morgan fingerprint density at radius 2 is 1.79 bits per heavy atom. The van der Waals surface area contributed by atoms with Gasteiger partial charge < -0.3 is 11.1 Å². The minimum atomic E-state index is -3.17. The van der Waals surface area contributed by atoms with Gasteiger partial charge in [-0.05, 0) is 31.5 Å². The number of carbonyl (C=O) groups excluding carboxylic acids is 1. The molecule has 1 amide bonds. The van der Waals surface area contributed by atoms with Crippen molar-refractivity contribution in [3.63, 3.8) is 0 Å². The van der Waals surface area contributed by atoms with Crippen LogP contribution in [0, 0.1) is 0 Å². The summed E-state index contributed by atoms with van der Waals surface area (Å²) in [6.45, 7) is 3.83. The predicted octanol–water partition coefficient (Wildman–Crippen LogP) is 1.00. The first-order valence-electron chi connectivity index (χ1n) is 6.04. The van der Waals surface area contributed by atoms with Gasteiger partial charge in [0.05, 0.1) is 4.90 Å². The molecule has 0 spiro atoms. The van der Waals surface area contributed by atoms with Crippen LogP contribution < -0.4 is 11.1 Å². The Hall–Kier alpha value is -1.40. The maximum absolute atomic E-state index is 11.3. The number of benzene rings is 1. The van der Waals surface area contributed by atoms with Crippen LogP contribution in [0.2, 0.25) is 0 Å². The predicted molar refractivity (Wildman–Crippen MR) is 74.4 cm³/mol. The van der Waals surface area contributed by atoms with Gasteiger partial charge in [-0.1, -0.05) is 12.1 Å². The first kappa shape index (κ1) is 15.7. The number of nitrogens with one attached hydrogen (secondary N) is 1. The molecule has 0 saturated heterocycles. The summed E-state index contributed by atoms with van der Waals surface area (Å²) in [4.78, 5) is 11.1. The fraction of sp³-hybridized carbons (Fsp3) is 0.462. The molecule has 0 heterocycles. The third kappa shape index (κ3) is 5.00. The average molecular weight is 284 g/mol. The quantitative estimate of drug-likeness (QED) is 0.815. The highest BCUT2D eigenvalue weighted by atomic mass is 32.2. The SMILES string of the molecule is CC(CC(N)=O)NC(C)c1ccc(S(C)(=O)=O)cc1. The van der Waals surface area contributed by atoms with E-state index in [2.05, 4.69) is 5.32 Å². The zero-order valence-corrected chi connectivity index (χ0v) is 12.2. The van der Waals surface area contributed by atoms with Crippen LogP contribution in [0.4, 0.5) is 0 Å². The molecule has 6 heteroatoms. The van der Waals surface area contributed by atoms with Crippen LogP contribution in [-0.2, 0) is 14.6 Å². The Kier molecular flexibility index (Phi) is 5.08. The lowest BCUT2D eigenvalue weighted by Gasteiger charge is -2.19. The third-order valence-electron chi connectivity index (χ3n) is 2.85. The molecule has 0 aliphatic rings. The Morgan fingerprint density at radius 3 is 2.21 bits per heavy atom. The first-order valence-corrected chi connectivity index (χ1v) is 7.93. The van der Waals surface area contributed by atoms with E-state index >= 15 is 0 Å². The van der Waals surface area contributed by atoms with Crippen molar-refractivity contribution >= 4 is 15.7 Å². The molecule has 0 aromatic heterocycles. The van der Waals surface area contributed by atoms with Crippen molar-refractivity contribution in [2.45, 2.75) is 37.2 Å². The Labute approximate surface area is 114 Å². The standard InChI is InChI=1S/C13H20N2O3S/c1-9(8-13(14)16)15-10(2)11-4-6-12(7-5-11)19(3,17)18/h4-7,9-10,15H,8H2,1-3H3,(H2,14,16). The Balaban J connectivity index is 2.73. The van der Waals surface area contributed by atoms with E-state index in [-0.39, 0.29) is 24.4 Å². The molecule has 106 valence electrons. The molecule has 0 bridgehead atoms. The van der Waals surface area contributed by atoms with Gasteiger partial charge >= 0.3 is 0 Å². The van der Waals surface area contributed by atoms with Crippen molar-refractivity contribution in [3.05, 3.63) is 29.8 Å². The summed E-state index contributed by atoms with van der Waals surface area (Å²) in [5.74, 6) is -0.348. The topological polar surface area (TPSA) is 89.3 Å². The number of primary amides is 1. The lowest BCUT2D eigenvalue weighted by Crippen LogP contribution is -2.32. The van der Waals surface area contributed by atoms with Crippen molar-refractivity contribution in [2.24, 2.45) is 5.73 Å². The van der Waals surface area contributed by atoms with Gasteiger partial charge in [0, 0.05) is 24.8 Å². The van der Waals surface area contributed by atoms with E-state index in [1.807, 2.05) is 13.8 Å². The fourth-order valence-electron chi connectivity index (χ4n) is 1.89. The maximum atomic E-state index is 11.3. The van der Waals surface area contributed by atoms with Crippen molar-refractivity contribution in [2.75, 3.05) is 6.26 Å². The van der Waals surface area contributed by atoms with Crippen LogP contribution >= 0.6 is 0 Å². The van der Waals surface area contributed by atoms with E-state index < -0.39 is 9.84 Å². The van der Waals surface area contributed by atoms with Gasteiger partial charge in [-0.3, -0.25) is 4.79 Å². The van der Waals surface area contributed by atoms with Crippen LogP contribution in [0.1, 0.15) is 31.9 Å². The molecule has 2 atom stereocenters. The van der Waals surface area contributed by atoms with E-state index in [4.69, 9.17) is 5.73 Å². The molecule has 0 saturated carbocycles. The van der Waals surface area contributed by atoms with E-state index in [1.165, 1.54) is 6.26 Å². The monoisotopic (exact) mass is 284 g/mol. The van der Waals surface area contributed by atoms with Gasteiger partial charge in [0.1, 0.15) is 0 Å². The van der Waals surface area contributed by atoms with Gasteiger partial charge in [-0.2, -0.15) is 0 Å². The molecule has 3 N–H and O–H groups in total. The number of rotatable bonds is 6. The smallest absolute Gasteiger partial charge is 0.218 e. The zero-order chi connectivity index (χ0) is 14.6. The molecule has 19 heavy (non-hydrogen) atoms. The molecule has 0 aliphatic carbocycles. The fourth-order valence-corrected chi connectivity index (χ4v) is 2.52. The van der Waals surface area contributed by atoms with Crippen LogP contribution in [-0.4, -0.2) is 26.6 Å². The zero-order valence-electron chi connectivity index (χ0n) is 11.4. The van der Waals surface area contributed by atoms with Crippen molar-refractivity contribution < 1.29 is 13.2 Å². The van der Waals surface area contributed by atoms with Gasteiger partial charge in [0.15, 0.2) is 9.84 Å². The summed E-state index contributed by atoms with van der Waals surface area (Å²) in [5, 5.41) is 3.24. The molecule has 1 aromatic carbocycles. The number of hydrogen-bond donors (Lipinski definition) is 2. The lowest BCUT2D eigenvalue weighted by molar-refractivity contribution is -0.118. The van der Waals surface area contributed by atoms with Crippen LogP contribution in [0.15, 0.2) is 29.2 Å². The highest BCUT2D eigenvalue weighted by Crippen LogP contribution is 2.17. The summed E-state index contributed by atoms with van der Waals surface area (Å²) >= 11 is 0. The summed E-state index contributed by atoms with van der Waals surface area (Å²) in [5.41, 5.74) is 6.09. The van der Waals surface area contributed by atoms with Crippen LogP contribution in [0.5, 0.6) is 0 Å². The highest BCUT2D eigenvalue weighted by molar-refractivity contribution is 7.90. The molecule has 5 nitrogen and oxygen atoms in total. The van der Waals surface area contributed by atoms with Crippen molar-refractivity contribution in [1.82, 2.24) is 5.32 Å². The average Bonchev–Trinajstić information content (AvgIpc) is 2.26. The first-order chi connectivity index (χ1) is 8.70. The molecular weight excluding hydrogens is 264 g/mol. The third-order valence-corrected chi connectivity index (χ3v) is 3.98. The summed E-state index contributed by atoms with van der Waals surface area (Å²) in [7, 11) is -3.17. The van der Waals surface area contributed by atoms with Gasteiger partial charge in [0.25, 0.3) is 0 Å². The second-order valence-electron chi connectivity index (χ2n) is 4.80. The van der Waals surface area contributed by atoms with E-state index in [0.29, 0.717) is 4.90 Å². The van der Waals surface area contributed by atoms with Crippen molar-refractivity contribution in [1.29, 1.82) is 0 Å². The van der Waals surface area contributed by atoms with Gasteiger partial charge in [-0.25, -0.2) is 8.42 Å². The van der Waals surface area contributed by atoms with Gasteiger partial charge in [0.2, 0.25) is 5.91 Å². The molecule has 1 rings (SSSR count). The van der Waals surface area contributed by atoms with Gasteiger partial charge in [-0.15, -0.1) is 0 Å². The van der Waals surface area contributed by atoms with Crippen LogP contribution in [0.3, 0.4) is 0 Å². The summed E-state index contributed by atoms with van der Waals surface area (Å²) in [6.07, 6.45) is 1.45. The minimum Gasteiger partial charge on any atom is -0.370 e. The summed E-state index contributed by atoms with van der Waals surface area (Å²) < 4.78 is 22.7. The lowest BCUT2D eigenvalue weighted by atomic mass is 10.1. The van der Waals surface area contributed by atoms with E-state index in [0.717, 1.165) is 5.56 Å². The molecule has 1 aromatic rings. The Morgan fingerprint density at radius 1 is 1.26 bits per heavy atom. The van der Waals surface area contributed by atoms with E-state index in [1.54, 1.807) is 24.3 Å². The molecule has 0 aliphatic heterocycles. The second kappa shape index (κ2) is 6.16. The normalized spacial score (nSPS) is 14.9. The number of hydrogen-bond acceptors (Lipinski definition) is 4. The van der Waals surface area contributed by atoms with Crippen LogP contribution in [0.25, 0.3) is 0 Å². The molecular formula is C13H20N2O3S. The highest BCUT2D eigenvalue weighted by Gasteiger charge is 2.12. The summed E-state index contributed by atoms with van der Waals surface area (Å²) in [6, 6.07) is 6.70.